The van der Waals surface area contributed by atoms with E-state index in [2.05, 4.69) is 5.43 Å². The van der Waals surface area contributed by atoms with Crippen molar-refractivity contribution in [2.45, 2.75) is 0 Å². The van der Waals surface area contributed by atoms with Gasteiger partial charge in [0.05, 0.1) is 6.26 Å². The van der Waals surface area contributed by atoms with Crippen LogP contribution in [0.4, 0.5) is 0 Å². The van der Waals surface area contributed by atoms with E-state index >= 15 is 0 Å². The summed E-state index contributed by atoms with van der Waals surface area (Å²) in [7, 11) is 0. The Balaban J connectivity index is 2.20. The Hall–Kier alpha value is -2.30. The van der Waals surface area contributed by atoms with E-state index in [1.165, 1.54) is 10.9 Å². The Bertz CT molecular complexity index is 513. The monoisotopic (exact) mass is 203 g/mol. The molecular weight excluding hydrogens is 194 g/mol. The first-order valence-electron chi connectivity index (χ1n) is 4.34. The third-order valence-electron chi connectivity index (χ3n) is 1.83. The van der Waals surface area contributed by atoms with Crippen molar-refractivity contribution in [3.63, 3.8) is 0 Å². The largest absolute Gasteiger partial charge is 0.459 e. The quantitative estimate of drug-likeness (QED) is 0.762. The first kappa shape index (κ1) is 9.26. The lowest BCUT2D eigenvalue weighted by Gasteiger charge is -2.06. The summed E-state index contributed by atoms with van der Waals surface area (Å²) >= 11 is 0. The molecule has 1 amide bonds. The fraction of sp³-hybridized carbons (Fsp3) is 0. The summed E-state index contributed by atoms with van der Waals surface area (Å²) < 4.78 is 6.23. The van der Waals surface area contributed by atoms with E-state index in [-0.39, 0.29) is 17.2 Å². The molecule has 15 heavy (non-hydrogen) atoms. The molecule has 2 heterocycles. The van der Waals surface area contributed by atoms with E-state index in [0.29, 0.717) is 0 Å². The second-order valence-corrected chi connectivity index (χ2v) is 2.87. The van der Waals surface area contributed by atoms with E-state index in [0.717, 1.165) is 0 Å². The number of carbonyl (C=O) groups is 1. The van der Waals surface area contributed by atoms with Crippen LogP contribution in [0, 0.1) is 5.41 Å². The van der Waals surface area contributed by atoms with Crippen molar-refractivity contribution in [3.05, 3.63) is 54.0 Å². The van der Waals surface area contributed by atoms with Crippen LogP contribution in [0.1, 0.15) is 10.6 Å². The van der Waals surface area contributed by atoms with Crippen molar-refractivity contribution in [2.24, 2.45) is 0 Å². The number of amides is 1. The molecule has 2 rings (SSSR count). The Kier molecular flexibility index (Phi) is 2.37. The number of pyridine rings is 1. The molecule has 0 radical (unpaired) electrons. The van der Waals surface area contributed by atoms with Crippen LogP contribution in [0.25, 0.3) is 0 Å². The zero-order valence-corrected chi connectivity index (χ0v) is 7.81. The van der Waals surface area contributed by atoms with Crippen molar-refractivity contribution >= 4 is 5.91 Å². The third-order valence-corrected chi connectivity index (χ3v) is 1.83. The van der Waals surface area contributed by atoms with Crippen LogP contribution in [0.5, 0.6) is 0 Å². The molecule has 0 aliphatic carbocycles. The second-order valence-electron chi connectivity index (χ2n) is 2.87. The summed E-state index contributed by atoms with van der Waals surface area (Å²) in [6, 6.07) is 8.20. The fourth-order valence-corrected chi connectivity index (χ4v) is 1.11. The smallest absolute Gasteiger partial charge is 0.305 e. The zero-order chi connectivity index (χ0) is 10.7. The molecule has 0 spiro atoms. The summed E-state index contributed by atoms with van der Waals surface area (Å²) in [4.78, 5) is 11.5. The number of carbonyl (C=O) groups excluding carboxylic acids is 1. The molecular formula is C10H9N3O2. The summed E-state index contributed by atoms with van der Waals surface area (Å²) in [5.74, 6) is -0.171. The van der Waals surface area contributed by atoms with E-state index in [1.807, 2.05) is 0 Å². The van der Waals surface area contributed by atoms with Gasteiger partial charge in [-0.15, -0.1) is 0 Å². The van der Waals surface area contributed by atoms with E-state index in [9.17, 15) is 4.79 Å². The average Bonchev–Trinajstić information content (AvgIpc) is 2.74. The Morgan fingerprint density at radius 3 is 2.87 bits per heavy atom. The van der Waals surface area contributed by atoms with Crippen LogP contribution in [0.2, 0.25) is 0 Å². The summed E-state index contributed by atoms with van der Waals surface area (Å²) in [5.41, 5.74) is 2.70. The van der Waals surface area contributed by atoms with Crippen LogP contribution in [-0.2, 0) is 0 Å². The normalized spacial score (nSPS) is 9.87. The standard InChI is InChI=1S/C10H9N3O2/c11-9-5-1-2-6-13(9)12-10(14)8-4-3-7-15-8/h1-7,11H,(H,12,14). The number of nitrogens with zero attached hydrogens (tertiary/aromatic N) is 1. The third kappa shape index (κ3) is 1.96. The predicted molar refractivity (Wildman–Crippen MR) is 52.7 cm³/mol. The van der Waals surface area contributed by atoms with Crippen LogP contribution >= 0.6 is 0 Å². The molecule has 0 atom stereocenters. The van der Waals surface area contributed by atoms with Crippen molar-refractivity contribution in [1.29, 1.82) is 5.41 Å². The maximum absolute atomic E-state index is 11.5. The summed E-state index contributed by atoms with van der Waals surface area (Å²) in [6.45, 7) is 0. The highest BCUT2D eigenvalue weighted by Crippen LogP contribution is 1.99. The van der Waals surface area contributed by atoms with Crippen molar-refractivity contribution in [1.82, 2.24) is 4.68 Å². The highest BCUT2D eigenvalue weighted by atomic mass is 16.3. The number of nitrogens with one attached hydrogen (secondary N) is 2. The minimum absolute atomic E-state index is 0.192. The first-order chi connectivity index (χ1) is 7.27. The molecule has 2 N–H and O–H groups in total. The van der Waals surface area contributed by atoms with Gasteiger partial charge in [-0.1, -0.05) is 6.07 Å². The van der Waals surface area contributed by atoms with Gasteiger partial charge in [-0.2, -0.15) is 0 Å². The van der Waals surface area contributed by atoms with Gasteiger partial charge in [0, 0.05) is 6.20 Å². The van der Waals surface area contributed by atoms with Gasteiger partial charge >= 0.3 is 5.91 Å². The van der Waals surface area contributed by atoms with Gasteiger partial charge in [0.1, 0.15) is 5.49 Å². The van der Waals surface area contributed by atoms with E-state index in [4.69, 9.17) is 9.83 Å². The van der Waals surface area contributed by atoms with Gasteiger partial charge in [0.15, 0.2) is 5.76 Å². The molecule has 2 aromatic rings. The molecule has 5 heteroatoms. The van der Waals surface area contributed by atoms with Crippen LogP contribution in [0.3, 0.4) is 0 Å². The molecule has 0 bridgehead atoms. The molecule has 0 aliphatic rings. The average molecular weight is 203 g/mol. The lowest BCUT2D eigenvalue weighted by Crippen LogP contribution is -2.31. The minimum atomic E-state index is -0.385. The SMILES string of the molecule is N=c1ccccn1NC(=O)c1ccco1. The van der Waals surface area contributed by atoms with Gasteiger partial charge in [-0.05, 0) is 24.3 Å². The molecule has 0 aromatic carbocycles. The predicted octanol–water partition coefficient (Wildman–Crippen LogP) is 0.944. The topological polar surface area (TPSA) is 71.0 Å². The molecule has 0 unspecified atom stereocenters. The van der Waals surface area contributed by atoms with Gasteiger partial charge in [0.25, 0.3) is 0 Å². The van der Waals surface area contributed by atoms with Crippen LogP contribution in [-0.4, -0.2) is 10.6 Å². The van der Waals surface area contributed by atoms with Gasteiger partial charge in [-0.25, -0.2) is 4.68 Å². The van der Waals surface area contributed by atoms with Gasteiger partial charge in [0.2, 0.25) is 0 Å². The van der Waals surface area contributed by atoms with Crippen molar-refractivity contribution in [2.75, 3.05) is 5.43 Å². The van der Waals surface area contributed by atoms with Crippen molar-refractivity contribution < 1.29 is 9.21 Å². The molecule has 76 valence electrons. The second kappa shape index (κ2) is 3.83. The molecule has 0 aliphatic heterocycles. The zero-order valence-electron chi connectivity index (χ0n) is 7.81. The Labute approximate surface area is 85.4 Å². The Morgan fingerprint density at radius 1 is 1.33 bits per heavy atom. The highest BCUT2D eigenvalue weighted by molar-refractivity contribution is 5.97. The van der Waals surface area contributed by atoms with E-state index in [1.54, 1.807) is 36.5 Å². The molecule has 0 saturated heterocycles. The maximum atomic E-state index is 11.5. The Morgan fingerprint density at radius 2 is 2.20 bits per heavy atom. The molecule has 0 fully saturated rings. The lowest BCUT2D eigenvalue weighted by atomic mass is 10.4. The summed E-state index contributed by atoms with van der Waals surface area (Å²) in [6.07, 6.45) is 3.01. The first-order valence-corrected chi connectivity index (χ1v) is 4.34. The highest BCUT2D eigenvalue weighted by Gasteiger charge is 2.07. The minimum Gasteiger partial charge on any atom is -0.459 e. The number of hydrogen-bond donors (Lipinski definition) is 2. The van der Waals surface area contributed by atoms with E-state index < -0.39 is 0 Å². The van der Waals surface area contributed by atoms with Crippen LogP contribution < -0.4 is 10.9 Å². The number of rotatable bonds is 2. The van der Waals surface area contributed by atoms with Crippen molar-refractivity contribution in [3.8, 4) is 0 Å². The molecule has 0 saturated carbocycles. The van der Waals surface area contributed by atoms with Gasteiger partial charge in [-0.3, -0.25) is 15.6 Å². The number of hydrogen-bond acceptors (Lipinski definition) is 3. The van der Waals surface area contributed by atoms with Crippen LogP contribution in [0.15, 0.2) is 47.2 Å². The molecule has 2 aromatic heterocycles. The van der Waals surface area contributed by atoms with Gasteiger partial charge < -0.3 is 4.42 Å². The molecule has 5 nitrogen and oxygen atoms in total. The number of aromatic nitrogens is 1. The fourth-order valence-electron chi connectivity index (χ4n) is 1.11. The maximum Gasteiger partial charge on any atom is 0.305 e. The number of furan rings is 1. The summed E-state index contributed by atoms with van der Waals surface area (Å²) in [5, 5.41) is 7.51. The lowest BCUT2D eigenvalue weighted by molar-refractivity contribution is 0.0980.